The third kappa shape index (κ3) is 2.19. The number of likely N-dealkylation sites (tertiary alicyclic amines) is 2. The SMILES string of the molecule is CN(C)C1CN(C2CN(C(C)(C)C)C2)C1. The predicted octanol–water partition coefficient (Wildman–Crippen LogP) is 0.715. The molecule has 0 aliphatic carbocycles. The second-order valence-corrected chi connectivity index (χ2v) is 6.30. The van der Waals surface area contributed by atoms with Crippen LogP contribution in [0, 0.1) is 0 Å². The standard InChI is InChI=1S/C12H25N3/c1-12(2,3)15-8-11(9-15)14-6-10(7-14)13(4)5/h10-11H,6-9H2,1-5H3. The summed E-state index contributed by atoms with van der Waals surface area (Å²) in [6.45, 7) is 12.0. The number of nitrogens with zero attached hydrogens (tertiary/aromatic N) is 3. The largest absolute Gasteiger partial charge is 0.304 e. The Morgan fingerprint density at radius 2 is 1.53 bits per heavy atom. The summed E-state index contributed by atoms with van der Waals surface area (Å²) in [6, 6.07) is 1.63. The van der Waals surface area contributed by atoms with Gasteiger partial charge in [0, 0.05) is 43.8 Å². The van der Waals surface area contributed by atoms with E-state index >= 15 is 0 Å². The average Bonchev–Trinajstić information content (AvgIpc) is 1.86. The minimum atomic E-state index is 0.363. The fourth-order valence-corrected chi connectivity index (χ4v) is 2.35. The van der Waals surface area contributed by atoms with Crippen molar-refractivity contribution in [3.63, 3.8) is 0 Å². The minimum Gasteiger partial charge on any atom is -0.304 e. The molecule has 3 heteroatoms. The lowest BCUT2D eigenvalue weighted by atomic mass is 9.93. The molecule has 0 radical (unpaired) electrons. The highest BCUT2D eigenvalue weighted by molar-refractivity contribution is 4.99. The maximum absolute atomic E-state index is 2.63. The van der Waals surface area contributed by atoms with Gasteiger partial charge >= 0.3 is 0 Å². The number of hydrogen-bond donors (Lipinski definition) is 0. The first-order valence-electron chi connectivity index (χ1n) is 6.03. The van der Waals surface area contributed by atoms with E-state index in [4.69, 9.17) is 0 Å². The van der Waals surface area contributed by atoms with Gasteiger partial charge in [0.25, 0.3) is 0 Å². The lowest BCUT2D eigenvalue weighted by Crippen LogP contribution is -2.71. The minimum absolute atomic E-state index is 0.363. The fraction of sp³-hybridized carbons (Fsp3) is 1.00. The molecule has 0 bridgehead atoms. The van der Waals surface area contributed by atoms with Gasteiger partial charge in [0.1, 0.15) is 0 Å². The average molecular weight is 211 g/mol. The van der Waals surface area contributed by atoms with Gasteiger partial charge in [-0.05, 0) is 34.9 Å². The van der Waals surface area contributed by atoms with Crippen molar-refractivity contribution in [1.29, 1.82) is 0 Å². The molecule has 0 aromatic rings. The molecule has 2 saturated heterocycles. The van der Waals surface area contributed by atoms with Crippen LogP contribution in [0.1, 0.15) is 20.8 Å². The molecular weight excluding hydrogens is 186 g/mol. The Kier molecular flexibility index (Phi) is 2.82. The lowest BCUT2D eigenvalue weighted by molar-refractivity contribution is -0.0694. The van der Waals surface area contributed by atoms with E-state index in [0.29, 0.717) is 5.54 Å². The lowest BCUT2D eigenvalue weighted by Gasteiger charge is -2.56. The first kappa shape index (κ1) is 11.4. The molecule has 2 fully saturated rings. The Balaban J connectivity index is 1.70. The highest BCUT2D eigenvalue weighted by atomic mass is 15.4. The molecule has 3 nitrogen and oxygen atoms in total. The van der Waals surface area contributed by atoms with Crippen LogP contribution in [0.2, 0.25) is 0 Å². The Hall–Kier alpha value is -0.120. The van der Waals surface area contributed by atoms with E-state index in [0.717, 1.165) is 12.1 Å². The highest BCUT2D eigenvalue weighted by Crippen LogP contribution is 2.27. The van der Waals surface area contributed by atoms with Crippen LogP contribution in [-0.2, 0) is 0 Å². The van der Waals surface area contributed by atoms with Crippen molar-refractivity contribution < 1.29 is 0 Å². The van der Waals surface area contributed by atoms with Crippen molar-refractivity contribution in [1.82, 2.24) is 14.7 Å². The molecule has 0 aromatic heterocycles. The Labute approximate surface area is 94.0 Å². The molecule has 15 heavy (non-hydrogen) atoms. The quantitative estimate of drug-likeness (QED) is 0.666. The van der Waals surface area contributed by atoms with Crippen molar-refractivity contribution in [2.24, 2.45) is 0 Å². The van der Waals surface area contributed by atoms with Crippen LogP contribution in [0.25, 0.3) is 0 Å². The van der Waals surface area contributed by atoms with E-state index in [9.17, 15) is 0 Å². The molecule has 2 heterocycles. The molecule has 2 aliphatic heterocycles. The van der Waals surface area contributed by atoms with Crippen molar-refractivity contribution >= 4 is 0 Å². The molecule has 0 saturated carbocycles. The number of likely N-dealkylation sites (N-methyl/N-ethyl adjacent to an activating group) is 1. The molecule has 0 N–H and O–H groups in total. The van der Waals surface area contributed by atoms with Gasteiger partial charge in [-0.15, -0.1) is 0 Å². The van der Waals surface area contributed by atoms with Crippen LogP contribution in [-0.4, -0.2) is 72.6 Å². The van der Waals surface area contributed by atoms with E-state index in [-0.39, 0.29) is 0 Å². The second kappa shape index (κ2) is 3.72. The van der Waals surface area contributed by atoms with Gasteiger partial charge in [0.2, 0.25) is 0 Å². The summed E-state index contributed by atoms with van der Waals surface area (Å²) < 4.78 is 0. The molecule has 88 valence electrons. The summed E-state index contributed by atoms with van der Waals surface area (Å²) in [5.41, 5.74) is 0.363. The highest BCUT2D eigenvalue weighted by Gasteiger charge is 2.42. The predicted molar refractivity (Wildman–Crippen MR) is 64.2 cm³/mol. The van der Waals surface area contributed by atoms with Gasteiger partial charge in [-0.3, -0.25) is 9.80 Å². The van der Waals surface area contributed by atoms with Crippen LogP contribution in [0.3, 0.4) is 0 Å². The summed E-state index contributed by atoms with van der Waals surface area (Å²) in [5, 5.41) is 0. The third-order valence-corrected chi connectivity index (χ3v) is 3.95. The fourth-order valence-electron chi connectivity index (χ4n) is 2.35. The molecule has 0 atom stereocenters. The second-order valence-electron chi connectivity index (χ2n) is 6.30. The van der Waals surface area contributed by atoms with Crippen LogP contribution < -0.4 is 0 Å². The van der Waals surface area contributed by atoms with Crippen molar-refractivity contribution in [3.05, 3.63) is 0 Å². The van der Waals surface area contributed by atoms with Crippen molar-refractivity contribution in [2.45, 2.75) is 38.4 Å². The normalized spacial score (nSPS) is 26.8. The van der Waals surface area contributed by atoms with E-state index in [1.807, 2.05) is 0 Å². The van der Waals surface area contributed by atoms with E-state index in [2.05, 4.69) is 49.6 Å². The summed E-state index contributed by atoms with van der Waals surface area (Å²) in [5.74, 6) is 0. The first-order valence-corrected chi connectivity index (χ1v) is 6.03. The van der Waals surface area contributed by atoms with Crippen LogP contribution in [0.15, 0.2) is 0 Å². The van der Waals surface area contributed by atoms with Gasteiger partial charge in [-0.25, -0.2) is 0 Å². The van der Waals surface area contributed by atoms with Gasteiger partial charge in [-0.1, -0.05) is 0 Å². The smallest absolute Gasteiger partial charge is 0.0352 e. The van der Waals surface area contributed by atoms with Gasteiger partial charge in [-0.2, -0.15) is 0 Å². The van der Waals surface area contributed by atoms with E-state index < -0.39 is 0 Å². The third-order valence-electron chi connectivity index (χ3n) is 3.95. The number of hydrogen-bond acceptors (Lipinski definition) is 3. The van der Waals surface area contributed by atoms with Gasteiger partial charge < -0.3 is 4.90 Å². The van der Waals surface area contributed by atoms with Crippen LogP contribution >= 0.6 is 0 Å². The Morgan fingerprint density at radius 1 is 1.00 bits per heavy atom. The molecule has 0 spiro atoms. The molecule has 0 amide bonds. The molecule has 0 unspecified atom stereocenters. The zero-order valence-electron chi connectivity index (χ0n) is 10.8. The summed E-state index contributed by atoms with van der Waals surface area (Å²) >= 11 is 0. The Morgan fingerprint density at radius 3 is 1.93 bits per heavy atom. The monoisotopic (exact) mass is 211 g/mol. The first-order chi connectivity index (χ1) is 6.88. The number of rotatable bonds is 2. The maximum atomic E-state index is 2.63. The molecular formula is C12H25N3. The zero-order chi connectivity index (χ0) is 11.2. The summed E-state index contributed by atoms with van der Waals surface area (Å²) in [4.78, 5) is 7.55. The molecule has 0 aromatic carbocycles. The maximum Gasteiger partial charge on any atom is 0.0352 e. The van der Waals surface area contributed by atoms with Gasteiger partial charge in [0.15, 0.2) is 0 Å². The molecule has 2 aliphatic rings. The van der Waals surface area contributed by atoms with Gasteiger partial charge in [0.05, 0.1) is 0 Å². The van der Waals surface area contributed by atoms with E-state index in [1.165, 1.54) is 26.2 Å². The summed E-state index contributed by atoms with van der Waals surface area (Å²) in [6.07, 6.45) is 0. The van der Waals surface area contributed by atoms with E-state index in [1.54, 1.807) is 0 Å². The van der Waals surface area contributed by atoms with Crippen LogP contribution in [0.5, 0.6) is 0 Å². The zero-order valence-corrected chi connectivity index (χ0v) is 10.8. The molecule has 2 rings (SSSR count). The van der Waals surface area contributed by atoms with Crippen LogP contribution in [0.4, 0.5) is 0 Å². The summed E-state index contributed by atoms with van der Waals surface area (Å²) in [7, 11) is 4.37. The van der Waals surface area contributed by atoms with Crippen molar-refractivity contribution in [3.8, 4) is 0 Å². The Bertz CT molecular complexity index is 220. The van der Waals surface area contributed by atoms with Crippen molar-refractivity contribution in [2.75, 3.05) is 40.3 Å². The topological polar surface area (TPSA) is 9.72 Å².